The van der Waals surface area contributed by atoms with Crippen LogP contribution in [-0.4, -0.2) is 28.2 Å². The van der Waals surface area contributed by atoms with Gasteiger partial charge in [0.25, 0.3) is 0 Å². The van der Waals surface area contributed by atoms with E-state index in [-0.39, 0.29) is 0 Å². The number of hydrogen-bond acceptors (Lipinski definition) is 2. The minimum absolute atomic E-state index is 1.08. The van der Waals surface area contributed by atoms with E-state index in [2.05, 4.69) is 104 Å². The molecule has 2 rings (SSSR count). The van der Waals surface area contributed by atoms with Gasteiger partial charge >= 0.3 is 0 Å². The first-order chi connectivity index (χ1) is 8.84. The summed E-state index contributed by atoms with van der Waals surface area (Å²) >= 11 is 11.0. The molecule has 0 unspecified atom stereocenters. The lowest BCUT2D eigenvalue weighted by atomic mass is 10.1. The summed E-state index contributed by atoms with van der Waals surface area (Å²) in [5.41, 5.74) is 2.38. The van der Waals surface area contributed by atoms with Crippen molar-refractivity contribution in [1.82, 2.24) is 0 Å². The Labute approximate surface area is 139 Å². The highest BCUT2D eigenvalue weighted by Gasteiger charge is 2.17. The maximum atomic E-state index is 3.67. The summed E-state index contributed by atoms with van der Waals surface area (Å²) in [5.74, 6) is 0. The van der Waals surface area contributed by atoms with Crippen LogP contribution in [0.2, 0.25) is 0 Å². The van der Waals surface area contributed by atoms with E-state index in [9.17, 15) is 0 Å². The van der Waals surface area contributed by atoms with Crippen LogP contribution in [0.5, 0.6) is 0 Å². The summed E-state index contributed by atoms with van der Waals surface area (Å²) in [6.07, 6.45) is 0. The second-order valence-corrected chi connectivity index (χ2v) is 7.36. The Bertz CT molecular complexity index is 636. The van der Waals surface area contributed by atoms with Gasteiger partial charge in [-0.05, 0) is 34.1 Å². The SMILES string of the molecule is CN(C)c1ccc(Br)c2c(Br)cc(Br)c(N(C)C)c12. The first-order valence-corrected chi connectivity index (χ1v) is 8.17. The van der Waals surface area contributed by atoms with E-state index in [1.807, 2.05) is 0 Å². The second-order valence-electron chi connectivity index (χ2n) is 4.79. The fourth-order valence-electron chi connectivity index (χ4n) is 2.22. The molecule has 5 heteroatoms. The molecule has 2 aromatic rings. The Morgan fingerprint density at radius 2 is 1.37 bits per heavy atom. The van der Waals surface area contributed by atoms with Gasteiger partial charge in [-0.25, -0.2) is 0 Å². The first kappa shape index (κ1) is 15.1. The molecule has 0 atom stereocenters. The Balaban J connectivity index is 3.05. The number of anilines is 2. The van der Waals surface area contributed by atoms with E-state index in [1.165, 1.54) is 22.1 Å². The fraction of sp³-hybridized carbons (Fsp3) is 0.286. The van der Waals surface area contributed by atoms with Crippen molar-refractivity contribution >= 4 is 69.9 Å². The van der Waals surface area contributed by atoms with E-state index < -0.39 is 0 Å². The Morgan fingerprint density at radius 1 is 0.737 bits per heavy atom. The lowest BCUT2D eigenvalue weighted by molar-refractivity contribution is 1.12. The zero-order valence-corrected chi connectivity index (χ0v) is 16.0. The molecule has 0 radical (unpaired) electrons. The molecule has 0 aliphatic rings. The topological polar surface area (TPSA) is 6.48 Å². The van der Waals surface area contributed by atoms with Crippen molar-refractivity contribution < 1.29 is 0 Å². The smallest absolute Gasteiger partial charge is 0.0607 e. The zero-order valence-electron chi connectivity index (χ0n) is 11.3. The average molecular weight is 451 g/mol. The quantitative estimate of drug-likeness (QED) is 0.615. The number of rotatable bonds is 2. The molecule has 0 aliphatic heterocycles. The molecule has 2 nitrogen and oxygen atoms in total. The maximum absolute atomic E-state index is 3.67. The summed E-state index contributed by atoms with van der Waals surface area (Å²) in [5, 5.41) is 2.42. The molecule has 0 saturated carbocycles. The third-order valence-electron chi connectivity index (χ3n) is 3.02. The molecular weight excluding hydrogens is 436 g/mol. The summed E-state index contributed by atoms with van der Waals surface area (Å²) in [4.78, 5) is 4.28. The summed E-state index contributed by atoms with van der Waals surface area (Å²) in [6, 6.07) is 6.33. The number of halogens is 3. The summed E-state index contributed by atoms with van der Waals surface area (Å²) in [7, 11) is 8.26. The highest BCUT2D eigenvalue weighted by molar-refractivity contribution is 9.11. The Morgan fingerprint density at radius 3 is 1.89 bits per heavy atom. The maximum Gasteiger partial charge on any atom is 0.0607 e. The van der Waals surface area contributed by atoms with Crippen molar-refractivity contribution in [2.75, 3.05) is 38.0 Å². The molecule has 0 aliphatic carbocycles. The third-order valence-corrected chi connectivity index (χ3v) is 4.91. The van der Waals surface area contributed by atoms with Gasteiger partial charge in [-0.3, -0.25) is 0 Å². The van der Waals surface area contributed by atoms with Crippen LogP contribution >= 0.6 is 47.8 Å². The minimum atomic E-state index is 1.08. The van der Waals surface area contributed by atoms with Gasteiger partial charge in [-0.15, -0.1) is 0 Å². The fourth-order valence-corrected chi connectivity index (χ4v) is 4.76. The van der Waals surface area contributed by atoms with Crippen LogP contribution in [0.25, 0.3) is 10.8 Å². The molecule has 0 heterocycles. The van der Waals surface area contributed by atoms with Crippen LogP contribution in [0.15, 0.2) is 31.6 Å². The van der Waals surface area contributed by atoms with Crippen molar-refractivity contribution in [3.8, 4) is 0 Å². The summed E-state index contributed by atoms with van der Waals surface area (Å²) < 4.78 is 3.25. The standard InChI is InChI=1S/C14H15Br3N2/c1-18(2)11-6-5-8(15)12-9(16)7-10(17)14(13(11)12)19(3)4/h5-7H,1-4H3. The number of hydrogen-bond donors (Lipinski definition) is 0. The molecular formula is C14H15Br3N2. The van der Waals surface area contributed by atoms with Gasteiger partial charge in [0.2, 0.25) is 0 Å². The average Bonchev–Trinajstić information content (AvgIpc) is 2.27. The lowest BCUT2D eigenvalue weighted by Crippen LogP contribution is -2.14. The van der Waals surface area contributed by atoms with E-state index in [4.69, 9.17) is 0 Å². The third kappa shape index (κ3) is 2.65. The van der Waals surface area contributed by atoms with Gasteiger partial charge in [-0.2, -0.15) is 0 Å². The van der Waals surface area contributed by atoms with Gasteiger partial charge in [0.15, 0.2) is 0 Å². The van der Waals surface area contributed by atoms with Crippen LogP contribution in [0.3, 0.4) is 0 Å². The molecule has 0 bridgehead atoms. The van der Waals surface area contributed by atoms with Gasteiger partial charge < -0.3 is 9.80 Å². The number of fused-ring (bicyclic) bond motifs is 1. The van der Waals surface area contributed by atoms with E-state index in [1.54, 1.807) is 0 Å². The van der Waals surface area contributed by atoms with Crippen molar-refractivity contribution in [2.24, 2.45) is 0 Å². The van der Waals surface area contributed by atoms with Gasteiger partial charge in [-0.1, -0.05) is 31.9 Å². The van der Waals surface area contributed by atoms with Crippen LogP contribution in [-0.2, 0) is 0 Å². The zero-order chi connectivity index (χ0) is 14.3. The van der Waals surface area contributed by atoms with Crippen molar-refractivity contribution in [1.29, 1.82) is 0 Å². The molecule has 0 fully saturated rings. The molecule has 0 amide bonds. The predicted octanol–water partition coefficient (Wildman–Crippen LogP) is 5.26. The van der Waals surface area contributed by atoms with E-state index >= 15 is 0 Å². The van der Waals surface area contributed by atoms with Crippen molar-refractivity contribution in [3.05, 3.63) is 31.6 Å². The molecule has 2 aromatic carbocycles. The molecule has 0 N–H and O–H groups in total. The highest BCUT2D eigenvalue weighted by Crippen LogP contribution is 2.45. The molecule has 0 aromatic heterocycles. The van der Waals surface area contributed by atoms with Crippen LogP contribution in [0.4, 0.5) is 11.4 Å². The molecule has 102 valence electrons. The van der Waals surface area contributed by atoms with Gasteiger partial charge in [0.1, 0.15) is 0 Å². The lowest BCUT2D eigenvalue weighted by Gasteiger charge is -2.24. The number of benzene rings is 2. The van der Waals surface area contributed by atoms with Crippen LogP contribution < -0.4 is 9.80 Å². The largest absolute Gasteiger partial charge is 0.377 e. The van der Waals surface area contributed by atoms with E-state index in [0.717, 1.165) is 13.4 Å². The normalized spacial score (nSPS) is 10.9. The Kier molecular flexibility index (Phi) is 4.48. The van der Waals surface area contributed by atoms with Crippen molar-refractivity contribution in [3.63, 3.8) is 0 Å². The number of nitrogens with zero attached hydrogens (tertiary/aromatic N) is 2. The van der Waals surface area contributed by atoms with Crippen LogP contribution in [0, 0.1) is 0 Å². The Hall–Kier alpha value is -0.260. The summed E-state index contributed by atoms with van der Waals surface area (Å²) in [6.45, 7) is 0. The molecule has 0 spiro atoms. The first-order valence-electron chi connectivity index (χ1n) is 5.79. The minimum Gasteiger partial charge on any atom is -0.377 e. The monoisotopic (exact) mass is 448 g/mol. The van der Waals surface area contributed by atoms with Crippen LogP contribution in [0.1, 0.15) is 0 Å². The van der Waals surface area contributed by atoms with E-state index in [0.29, 0.717) is 0 Å². The molecule has 0 saturated heterocycles. The predicted molar refractivity (Wildman–Crippen MR) is 95.7 cm³/mol. The highest BCUT2D eigenvalue weighted by atomic mass is 79.9. The van der Waals surface area contributed by atoms with Crippen molar-refractivity contribution in [2.45, 2.75) is 0 Å². The van der Waals surface area contributed by atoms with Gasteiger partial charge in [0, 0.05) is 58.1 Å². The van der Waals surface area contributed by atoms with Gasteiger partial charge in [0.05, 0.1) is 5.69 Å². The molecule has 19 heavy (non-hydrogen) atoms. The second kappa shape index (κ2) is 5.62.